The van der Waals surface area contributed by atoms with E-state index < -0.39 is 22.0 Å². The van der Waals surface area contributed by atoms with Crippen LogP contribution in [0.5, 0.6) is 0 Å². The molecule has 0 fully saturated rings. The van der Waals surface area contributed by atoms with Crippen molar-refractivity contribution in [2.75, 3.05) is 13.1 Å². The Morgan fingerprint density at radius 3 is 2.29 bits per heavy atom. The first-order valence-corrected chi connectivity index (χ1v) is 15.6. The predicted molar refractivity (Wildman–Crippen MR) is 158 cm³/mol. The first kappa shape index (κ1) is 30.3. The van der Waals surface area contributed by atoms with E-state index in [0.29, 0.717) is 18.0 Å². The maximum atomic E-state index is 13.8. The number of rotatable bonds is 13. The molecule has 1 heterocycles. The van der Waals surface area contributed by atoms with Crippen LogP contribution in [0.3, 0.4) is 0 Å². The summed E-state index contributed by atoms with van der Waals surface area (Å²) >= 11 is 6.08. The molecule has 216 valence electrons. The van der Waals surface area contributed by atoms with Gasteiger partial charge in [0.15, 0.2) is 0 Å². The third-order valence-electron chi connectivity index (χ3n) is 7.03. The Labute approximate surface area is 246 Å². The lowest BCUT2D eigenvalue weighted by molar-refractivity contribution is -0.141. The Bertz CT molecular complexity index is 1480. The van der Waals surface area contributed by atoms with Crippen molar-refractivity contribution in [3.8, 4) is 0 Å². The molecule has 0 bridgehead atoms. The van der Waals surface area contributed by atoms with E-state index in [1.54, 1.807) is 29.2 Å². The van der Waals surface area contributed by atoms with Crippen LogP contribution in [0.1, 0.15) is 54.1 Å². The quantitative estimate of drug-likeness (QED) is 0.285. The van der Waals surface area contributed by atoms with Crippen molar-refractivity contribution in [3.05, 3.63) is 101 Å². The van der Waals surface area contributed by atoms with Crippen LogP contribution >= 0.6 is 11.6 Å². The number of carbonyl (C=O) groups is 3. The Hall–Kier alpha value is -3.69. The number of sulfonamides is 1. The third-order valence-corrected chi connectivity index (χ3v) is 9.12. The van der Waals surface area contributed by atoms with Crippen molar-refractivity contribution in [1.29, 1.82) is 0 Å². The lowest BCUT2D eigenvalue weighted by atomic mass is 10.0. The van der Waals surface area contributed by atoms with Gasteiger partial charge in [0, 0.05) is 37.5 Å². The van der Waals surface area contributed by atoms with Crippen molar-refractivity contribution < 1.29 is 22.8 Å². The zero-order valence-electron chi connectivity index (χ0n) is 23.0. The minimum absolute atomic E-state index is 0.0210. The van der Waals surface area contributed by atoms with Crippen molar-refractivity contribution in [3.63, 3.8) is 0 Å². The SMILES string of the molecule is CCCCNC(=O)[C@@H](Cc1ccccc1)N(Cc1ccc(Cl)cc1)C(=O)CCCN1C(=O)c2ccccc2S1(=O)=O. The average Bonchev–Trinajstić information content (AvgIpc) is 3.17. The van der Waals surface area contributed by atoms with Crippen LogP contribution in [-0.4, -0.2) is 54.5 Å². The van der Waals surface area contributed by atoms with Crippen LogP contribution in [0.25, 0.3) is 0 Å². The van der Waals surface area contributed by atoms with Gasteiger partial charge in [0.2, 0.25) is 11.8 Å². The van der Waals surface area contributed by atoms with Gasteiger partial charge in [0.05, 0.1) is 5.56 Å². The molecule has 0 aliphatic carbocycles. The summed E-state index contributed by atoms with van der Waals surface area (Å²) in [4.78, 5) is 41.6. The number of carbonyl (C=O) groups excluding carboxylic acids is 3. The van der Waals surface area contributed by atoms with E-state index in [1.807, 2.05) is 49.4 Å². The normalized spacial score (nSPS) is 14.4. The Kier molecular flexibility index (Phi) is 10.2. The second kappa shape index (κ2) is 13.8. The molecule has 3 amide bonds. The second-order valence-electron chi connectivity index (χ2n) is 9.98. The molecule has 0 saturated carbocycles. The largest absolute Gasteiger partial charge is 0.354 e. The molecule has 0 radical (unpaired) electrons. The Balaban J connectivity index is 1.55. The molecule has 4 rings (SSSR count). The van der Waals surface area contributed by atoms with Crippen LogP contribution in [0.2, 0.25) is 5.02 Å². The second-order valence-corrected chi connectivity index (χ2v) is 12.2. The predicted octanol–water partition coefficient (Wildman–Crippen LogP) is 4.82. The average molecular weight is 596 g/mol. The van der Waals surface area contributed by atoms with Gasteiger partial charge in [-0.15, -0.1) is 0 Å². The van der Waals surface area contributed by atoms with Crippen LogP contribution in [0.15, 0.2) is 83.8 Å². The number of benzene rings is 3. The van der Waals surface area contributed by atoms with Gasteiger partial charge in [-0.1, -0.05) is 79.5 Å². The number of amides is 3. The molecular weight excluding hydrogens is 562 g/mol. The van der Waals surface area contributed by atoms with E-state index in [0.717, 1.165) is 28.3 Å². The fraction of sp³-hybridized carbons (Fsp3) is 0.323. The number of nitrogens with zero attached hydrogens (tertiary/aromatic N) is 2. The van der Waals surface area contributed by atoms with Crippen molar-refractivity contribution in [2.24, 2.45) is 0 Å². The first-order valence-electron chi connectivity index (χ1n) is 13.7. The van der Waals surface area contributed by atoms with Crippen LogP contribution in [0, 0.1) is 0 Å². The maximum Gasteiger partial charge on any atom is 0.269 e. The summed E-state index contributed by atoms with van der Waals surface area (Å²) in [6.45, 7) is 2.57. The van der Waals surface area contributed by atoms with Crippen molar-refractivity contribution in [2.45, 2.75) is 56.5 Å². The summed E-state index contributed by atoms with van der Waals surface area (Å²) in [5.41, 5.74) is 1.84. The van der Waals surface area contributed by atoms with Gasteiger partial charge in [0.25, 0.3) is 15.9 Å². The van der Waals surface area contributed by atoms with Crippen LogP contribution in [0.4, 0.5) is 0 Å². The number of halogens is 1. The highest BCUT2D eigenvalue weighted by molar-refractivity contribution is 7.90. The summed E-state index contributed by atoms with van der Waals surface area (Å²) in [7, 11) is -3.97. The highest BCUT2D eigenvalue weighted by atomic mass is 35.5. The van der Waals surface area contributed by atoms with Gasteiger partial charge in [-0.05, 0) is 48.2 Å². The van der Waals surface area contributed by atoms with Crippen LogP contribution in [-0.2, 0) is 32.6 Å². The standard InChI is InChI=1S/C31H34ClN3O5S/c1-2-3-19-33-30(37)27(21-23-10-5-4-6-11-23)34(22-24-15-17-25(32)18-16-24)29(36)14-9-20-35-31(38)26-12-7-8-13-28(26)41(35,39)40/h4-8,10-13,15-18,27H,2-3,9,14,19-22H2,1H3,(H,33,37)/t27-/m1/s1. The molecule has 8 nitrogen and oxygen atoms in total. The minimum Gasteiger partial charge on any atom is -0.354 e. The molecular formula is C31H34ClN3O5S. The van der Waals surface area contributed by atoms with Crippen molar-refractivity contribution in [1.82, 2.24) is 14.5 Å². The molecule has 1 N–H and O–H groups in total. The lowest BCUT2D eigenvalue weighted by Crippen LogP contribution is -2.50. The molecule has 0 aromatic heterocycles. The molecule has 0 spiro atoms. The van der Waals surface area contributed by atoms with Crippen LogP contribution < -0.4 is 5.32 Å². The van der Waals surface area contributed by atoms with E-state index in [9.17, 15) is 22.8 Å². The number of nitrogens with one attached hydrogen (secondary N) is 1. The highest BCUT2D eigenvalue weighted by Gasteiger charge is 2.40. The minimum atomic E-state index is -3.97. The monoisotopic (exact) mass is 595 g/mol. The third kappa shape index (κ3) is 7.34. The molecule has 41 heavy (non-hydrogen) atoms. The Morgan fingerprint density at radius 2 is 1.61 bits per heavy atom. The highest BCUT2D eigenvalue weighted by Crippen LogP contribution is 2.30. The summed E-state index contributed by atoms with van der Waals surface area (Å²) in [6.07, 6.45) is 2.11. The molecule has 0 unspecified atom stereocenters. The molecule has 3 aromatic carbocycles. The van der Waals surface area contributed by atoms with E-state index in [2.05, 4.69) is 5.32 Å². The number of hydrogen-bond donors (Lipinski definition) is 1. The van der Waals surface area contributed by atoms with Gasteiger partial charge < -0.3 is 10.2 Å². The van der Waals surface area contributed by atoms with E-state index >= 15 is 0 Å². The Morgan fingerprint density at radius 1 is 0.927 bits per heavy atom. The molecule has 0 saturated heterocycles. The summed E-state index contributed by atoms with van der Waals surface area (Å²) in [5.74, 6) is -1.16. The first-order chi connectivity index (χ1) is 19.7. The zero-order chi connectivity index (χ0) is 29.4. The summed E-state index contributed by atoms with van der Waals surface area (Å²) in [6, 6.07) is 21.9. The van der Waals surface area contributed by atoms with Gasteiger partial charge >= 0.3 is 0 Å². The number of fused-ring (bicyclic) bond motifs is 1. The molecule has 1 atom stereocenters. The summed E-state index contributed by atoms with van der Waals surface area (Å²) < 4.78 is 26.7. The molecule has 10 heteroatoms. The molecule has 1 aliphatic rings. The van der Waals surface area contributed by atoms with E-state index in [4.69, 9.17) is 11.6 Å². The molecule has 1 aliphatic heterocycles. The number of hydrogen-bond acceptors (Lipinski definition) is 5. The van der Waals surface area contributed by atoms with Gasteiger partial charge in [-0.2, -0.15) is 0 Å². The van der Waals surface area contributed by atoms with Gasteiger partial charge in [-0.25, -0.2) is 12.7 Å². The topological polar surface area (TPSA) is 104 Å². The van der Waals surface area contributed by atoms with Crippen molar-refractivity contribution >= 4 is 39.3 Å². The fourth-order valence-electron chi connectivity index (χ4n) is 4.82. The number of unbranched alkanes of at least 4 members (excludes halogenated alkanes) is 1. The fourth-order valence-corrected chi connectivity index (χ4v) is 6.55. The smallest absolute Gasteiger partial charge is 0.269 e. The maximum absolute atomic E-state index is 13.8. The zero-order valence-corrected chi connectivity index (χ0v) is 24.5. The summed E-state index contributed by atoms with van der Waals surface area (Å²) in [5, 5.41) is 3.53. The van der Waals surface area contributed by atoms with E-state index in [-0.39, 0.29) is 48.2 Å². The van der Waals surface area contributed by atoms with Gasteiger partial charge in [0.1, 0.15) is 10.9 Å². The lowest BCUT2D eigenvalue weighted by Gasteiger charge is -2.32. The van der Waals surface area contributed by atoms with E-state index in [1.165, 1.54) is 12.1 Å². The molecule has 3 aromatic rings. The van der Waals surface area contributed by atoms with Gasteiger partial charge in [-0.3, -0.25) is 14.4 Å².